The molecular weight excluding hydrogens is 306 g/mol. The van der Waals surface area contributed by atoms with Crippen LogP contribution >= 0.6 is 0 Å². The number of piperidine rings is 1. The summed E-state index contributed by atoms with van der Waals surface area (Å²) >= 11 is 0. The second-order valence-corrected chi connectivity index (χ2v) is 5.92. The van der Waals surface area contributed by atoms with Crippen LogP contribution in [0, 0.1) is 0 Å². The molecule has 4 rings (SSSR count). The van der Waals surface area contributed by atoms with E-state index >= 15 is 0 Å². The van der Waals surface area contributed by atoms with Gasteiger partial charge in [0, 0.05) is 12.7 Å². The van der Waals surface area contributed by atoms with Crippen LogP contribution in [0.4, 0.5) is 5.82 Å². The van der Waals surface area contributed by atoms with E-state index < -0.39 is 0 Å². The molecule has 1 saturated heterocycles. The van der Waals surface area contributed by atoms with Crippen molar-refractivity contribution >= 4 is 16.9 Å². The number of hydrogen-bond donors (Lipinski definition) is 2. The zero-order valence-corrected chi connectivity index (χ0v) is 13.2. The molecule has 1 fully saturated rings. The maximum Gasteiger partial charge on any atom is 0.363 e. The molecule has 1 aliphatic rings. The molecule has 0 bridgehead atoms. The minimum Gasteiger partial charge on any atom is -0.382 e. The van der Waals surface area contributed by atoms with Crippen molar-refractivity contribution in [2.24, 2.45) is 0 Å². The molecule has 3 N–H and O–H groups in total. The lowest BCUT2D eigenvalue weighted by Crippen LogP contribution is -2.37. The van der Waals surface area contributed by atoms with Crippen LogP contribution in [0.5, 0.6) is 5.75 Å². The number of nitrogens with two attached hydrogens (primary N) is 1. The van der Waals surface area contributed by atoms with Crippen LogP contribution in [-0.2, 0) is 0 Å². The molecule has 124 valence electrons. The monoisotopic (exact) mass is 325 g/mol. The summed E-state index contributed by atoms with van der Waals surface area (Å²) in [5, 5.41) is 3.34. The molecule has 1 aromatic carbocycles. The molecule has 0 aliphatic carbocycles. The first-order valence-corrected chi connectivity index (χ1v) is 8.07. The molecule has 3 aromatic rings. The largest absolute Gasteiger partial charge is 0.382 e. The Balaban J connectivity index is 1.89. The molecule has 2 aromatic heterocycles. The highest BCUT2D eigenvalue weighted by Gasteiger charge is 2.24. The second-order valence-electron chi connectivity index (χ2n) is 5.92. The maximum atomic E-state index is 13.0. The van der Waals surface area contributed by atoms with E-state index in [0.717, 1.165) is 31.4 Å². The molecule has 0 spiro atoms. The number of pyridine rings is 1. The Morgan fingerprint density at radius 2 is 2.08 bits per heavy atom. The molecule has 7 heteroatoms. The molecule has 0 amide bonds. The fraction of sp³-hybridized carbons (Fsp3) is 0.294. The molecule has 24 heavy (non-hydrogen) atoms. The molecular formula is C17H19N5O2. The molecule has 0 radical (unpaired) electrons. The van der Waals surface area contributed by atoms with Gasteiger partial charge in [-0.1, -0.05) is 18.2 Å². The summed E-state index contributed by atoms with van der Waals surface area (Å²) in [6.07, 6.45) is 3.60. The number of aromatic nitrogens is 3. The normalized spacial score (nSPS) is 17.9. The number of anilines is 1. The lowest BCUT2D eigenvalue weighted by atomic mass is 10.1. The third-order valence-electron chi connectivity index (χ3n) is 4.35. The highest BCUT2D eigenvalue weighted by molar-refractivity contribution is 5.85. The van der Waals surface area contributed by atoms with Gasteiger partial charge in [0.2, 0.25) is 0 Å². The van der Waals surface area contributed by atoms with E-state index in [0.29, 0.717) is 11.3 Å². The third-order valence-corrected chi connectivity index (χ3v) is 4.35. The molecule has 0 saturated carbocycles. The van der Waals surface area contributed by atoms with Crippen LogP contribution in [-0.4, -0.2) is 27.4 Å². The van der Waals surface area contributed by atoms with E-state index in [2.05, 4.69) is 10.3 Å². The van der Waals surface area contributed by atoms with Gasteiger partial charge in [-0.2, -0.15) is 0 Å². The molecule has 3 heterocycles. The zero-order chi connectivity index (χ0) is 16.5. The van der Waals surface area contributed by atoms with Crippen LogP contribution in [0.3, 0.4) is 0 Å². The molecule has 7 nitrogen and oxygen atoms in total. The maximum absolute atomic E-state index is 13.0. The van der Waals surface area contributed by atoms with E-state index in [1.807, 2.05) is 24.3 Å². The van der Waals surface area contributed by atoms with Crippen LogP contribution in [0.25, 0.3) is 11.0 Å². The number of imidazole rings is 1. The van der Waals surface area contributed by atoms with Gasteiger partial charge in [0.05, 0.1) is 11.6 Å². The summed E-state index contributed by atoms with van der Waals surface area (Å²) in [4.78, 5) is 23.0. The summed E-state index contributed by atoms with van der Waals surface area (Å²) in [6.45, 7) is 1.74. The van der Waals surface area contributed by atoms with Gasteiger partial charge in [-0.25, -0.2) is 9.78 Å². The molecule has 0 unspecified atom stereocenters. The zero-order valence-electron chi connectivity index (χ0n) is 13.2. The highest BCUT2D eigenvalue weighted by Crippen LogP contribution is 2.25. The fourth-order valence-electron chi connectivity index (χ4n) is 3.24. The minimum atomic E-state index is -0.234. The van der Waals surface area contributed by atoms with Gasteiger partial charge >= 0.3 is 5.69 Å². The Kier molecular flexibility index (Phi) is 3.70. The van der Waals surface area contributed by atoms with Crippen molar-refractivity contribution in [3.63, 3.8) is 0 Å². The van der Waals surface area contributed by atoms with Crippen LogP contribution in [0.15, 0.2) is 47.4 Å². The summed E-state index contributed by atoms with van der Waals surface area (Å²) in [5.74, 6) is 0.853. The summed E-state index contributed by atoms with van der Waals surface area (Å²) in [5.41, 5.74) is 7.07. The van der Waals surface area contributed by atoms with Crippen LogP contribution in [0.2, 0.25) is 0 Å². The number of hydrogen-bond acceptors (Lipinski definition) is 5. The standard InChI is InChI=1S/C17H19N5O2/c18-16-15-14(8-10-20-16)21(12-5-4-9-19-11-12)17(23)22(15)24-13-6-2-1-3-7-13/h1-3,6-8,10,12,19H,4-5,9,11H2,(H2,18,20)/t12-/m1/s1. The number of benzene rings is 1. The number of nitrogens with zero attached hydrogens (tertiary/aromatic N) is 3. The smallest absolute Gasteiger partial charge is 0.363 e. The Bertz CT molecular complexity index is 910. The van der Waals surface area contributed by atoms with E-state index in [9.17, 15) is 4.79 Å². The summed E-state index contributed by atoms with van der Waals surface area (Å²) in [7, 11) is 0. The second kappa shape index (κ2) is 6.01. The quantitative estimate of drug-likeness (QED) is 0.763. The number of para-hydroxylation sites is 1. The van der Waals surface area contributed by atoms with Crippen LogP contribution in [0.1, 0.15) is 18.9 Å². The van der Waals surface area contributed by atoms with Crippen molar-refractivity contribution in [2.75, 3.05) is 18.8 Å². The molecule has 1 atom stereocenters. The Morgan fingerprint density at radius 3 is 2.83 bits per heavy atom. The van der Waals surface area contributed by atoms with Gasteiger partial charge in [0.25, 0.3) is 0 Å². The fourth-order valence-corrected chi connectivity index (χ4v) is 3.24. The predicted octanol–water partition coefficient (Wildman–Crippen LogP) is 1.55. The van der Waals surface area contributed by atoms with E-state index in [-0.39, 0.29) is 17.5 Å². The first-order valence-electron chi connectivity index (χ1n) is 8.07. The minimum absolute atomic E-state index is 0.0798. The van der Waals surface area contributed by atoms with Gasteiger partial charge in [-0.15, -0.1) is 4.73 Å². The van der Waals surface area contributed by atoms with Crippen LogP contribution < -0.4 is 21.6 Å². The lowest BCUT2D eigenvalue weighted by molar-refractivity contribution is 0.209. The van der Waals surface area contributed by atoms with Crippen molar-refractivity contribution in [3.05, 3.63) is 53.1 Å². The molecule has 1 aliphatic heterocycles. The summed E-state index contributed by atoms with van der Waals surface area (Å²) in [6, 6.07) is 11.1. The topological polar surface area (TPSA) is 87.1 Å². The van der Waals surface area contributed by atoms with Gasteiger partial charge in [0.15, 0.2) is 17.1 Å². The Hall–Kier alpha value is -2.80. The predicted molar refractivity (Wildman–Crippen MR) is 92.0 cm³/mol. The number of nitrogens with one attached hydrogen (secondary N) is 1. The van der Waals surface area contributed by atoms with Gasteiger partial charge < -0.3 is 15.9 Å². The SMILES string of the molecule is Nc1nccc2c1n(Oc1ccccc1)c(=O)n2[C@@H]1CCCNC1. The highest BCUT2D eigenvalue weighted by atomic mass is 16.7. The van der Waals surface area contributed by atoms with Crippen molar-refractivity contribution in [3.8, 4) is 5.75 Å². The first-order chi connectivity index (χ1) is 11.8. The van der Waals surface area contributed by atoms with Crippen molar-refractivity contribution in [2.45, 2.75) is 18.9 Å². The van der Waals surface area contributed by atoms with Gasteiger partial charge in [-0.05, 0) is 37.6 Å². The third kappa shape index (κ3) is 2.43. The summed E-state index contributed by atoms with van der Waals surface area (Å²) < 4.78 is 3.02. The average molecular weight is 325 g/mol. The first kappa shape index (κ1) is 14.8. The number of nitrogen functional groups attached to an aromatic ring is 1. The van der Waals surface area contributed by atoms with Gasteiger partial charge in [0.1, 0.15) is 0 Å². The number of rotatable bonds is 3. The van der Waals surface area contributed by atoms with Crippen molar-refractivity contribution in [1.29, 1.82) is 0 Å². The van der Waals surface area contributed by atoms with Crippen molar-refractivity contribution in [1.82, 2.24) is 19.6 Å². The Morgan fingerprint density at radius 1 is 1.25 bits per heavy atom. The number of fused-ring (bicyclic) bond motifs is 1. The Labute approximate surface area is 138 Å². The van der Waals surface area contributed by atoms with E-state index in [1.165, 1.54) is 4.73 Å². The lowest BCUT2D eigenvalue weighted by Gasteiger charge is -2.23. The van der Waals surface area contributed by atoms with E-state index in [1.54, 1.807) is 22.9 Å². The van der Waals surface area contributed by atoms with Gasteiger partial charge in [-0.3, -0.25) is 4.57 Å². The average Bonchev–Trinajstić information content (AvgIpc) is 2.90. The van der Waals surface area contributed by atoms with E-state index in [4.69, 9.17) is 10.6 Å². The van der Waals surface area contributed by atoms with Crippen molar-refractivity contribution < 1.29 is 4.84 Å².